The van der Waals surface area contributed by atoms with Crippen molar-refractivity contribution in [3.8, 4) is 0 Å². The van der Waals surface area contributed by atoms with E-state index in [2.05, 4.69) is 88.2 Å². The van der Waals surface area contributed by atoms with Gasteiger partial charge in [0, 0.05) is 49.8 Å². The molecule has 1 aliphatic rings. The van der Waals surface area contributed by atoms with Gasteiger partial charge in [-0.15, -0.1) is 0 Å². The minimum Gasteiger partial charge on any atom is -0.361 e. The van der Waals surface area contributed by atoms with Crippen molar-refractivity contribution in [1.82, 2.24) is 20.5 Å². The predicted octanol–water partition coefficient (Wildman–Crippen LogP) is 3.83. The molecule has 1 aliphatic heterocycles. The van der Waals surface area contributed by atoms with E-state index in [1.54, 1.807) is 0 Å². The molecule has 0 aliphatic carbocycles. The molecule has 0 amide bonds. The topological polar surface area (TPSA) is 55.5 Å². The summed E-state index contributed by atoms with van der Waals surface area (Å²) in [4.78, 5) is 10.8. The third kappa shape index (κ3) is 6.11. The number of hydrogen-bond acceptors (Lipinski definition) is 2. The molecule has 0 spiro atoms. The molecule has 0 radical (unpaired) electrons. The van der Waals surface area contributed by atoms with Gasteiger partial charge in [0.2, 0.25) is 0 Å². The minimum absolute atomic E-state index is 0.653. The van der Waals surface area contributed by atoms with E-state index in [1.807, 2.05) is 0 Å². The molecule has 1 aromatic heterocycles. The molecular weight excluding hydrogens is 382 g/mol. The average Bonchev–Trinajstić information content (AvgIpc) is 3.44. The Morgan fingerprint density at radius 3 is 2.77 bits per heavy atom. The van der Waals surface area contributed by atoms with Gasteiger partial charge in [-0.25, -0.2) is 0 Å². The maximum absolute atomic E-state index is 4.89. The van der Waals surface area contributed by atoms with Crippen molar-refractivity contribution in [3.05, 3.63) is 71.9 Å². The van der Waals surface area contributed by atoms with Crippen molar-refractivity contribution in [1.29, 1.82) is 0 Å². The first-order chi connectivity index (χ1) is 15.3. The van der Waals surface area contributed by atoms with Gasteiger partial charge < -0.3 is 20.5 Å². The van der Waals surface area contributed by atoms with Crippen LogP contribution in [0, 0.1) is 5.92 Å². The highest BCUT2D eigenvalue weighted by Gasteiger charge is 2.21. The second-order valence-corrected chi connectivity index (χ2v) is 8.45. The van der Waals surface area contributed by atoms with Gasteiger partial charge in [0.15, 0.2) is 5.96 Å². The number of benzene rings is 2. The zero-order chi connectivity index (χ0) is 21.3. The van der Waals surface area contributed by atoms with E-state index in [0.29, 0.717) is 5.92 Å². The molecule has 1 atom stereocenters. The molecule has 4 rings (SSSR count). The summed E-state index contributed by atoms with van der Waals surface area (Å²) in [6.45, 7) is 8.27. The van der Waals surface area contributed by atoms with Gasteiger partial charge in [-0.05, 0) is 55.8 Å². The Morgan fingerprint density at radius 1 is 1.06 bits per heavy atom. The van der Waals surface area contributed by atoms with Gasteiger partial charge in [0.05, 0.1) is 0 Å². The summed E-state index contributed by atoms with van der Waals surface area (Å²) in [6, 6.07) is 19.3. The van der Waals surface area contributed by atoms with Crippen LogP contribution < -0.4 is 10.6 Å². The first kappa shape index (κ1) is 21.4. The molecule has 1 saturated heterocycles. The summed E-state index contributed by atoms with van der Waals surface area (Å²) < 4.78 is 0. The monoisotopic (exact) mass is 417 g/mol. The standard InChI is InChI=1S/C26H35N5/c1-2-27-26(28-15-12-23-19-29-25-11-7-6-10-24(23)25)30-18-22-14-17-31(20-22)16-13-21-8-4-3-5-9-21/h3-11,19,22,29H,2,12-18,20H2,1H3,(H2,27,28,30). The number of H-pyrrole nitrogens is 1. The lowest BCUT2D eigenvalue weighted by atomic mass is 10.1. The molecule has 2 aromatic carbocycles. The molecule has 2 heterocycles. The smallest absolute Gasteiger partial charge is 0.191 e. The SMILES string of the molecule is CCNC(=NCC1CCN(CCc2ccccc2)C1)NCCc1c[nH]c2ccccc12. The maximum atomic E-state index is 4.89. The fourth-order valence-electron chi connectivity index (χ4n) is 4.41. The van der Waals surface area contributed by atoms with Crippen LogP contribution in [0.3, 0.4) is 0 Å². The molecular formula is C26H35N5. The van der Waals surface area contributed by atoms with Crippen LogP contribution >= 0.6 is 0 Å². The summed E-state index contributed by atoms with van der Waals surface area (Å²) in [6.07, 6.45) is 5.48. The normalized spacial score (nSPS) is 17.3. The predicted molar refractivity (Wildman–Crippen MR) is 131 cm³/mol. The third-order valence-electron chi connectivity index (χ3n) is 6.14. The van der Waals surface area contributed by atoms with E-state index >= 15 is 0 Å². The van der Waals surface area contributed by atoms with Crippen molar-refractivity contribution < 1.29 is 0 Å². The van der Waals surface area contributed by atoms with E-state index in [0.717, 1.165) is 51.5 Å². The molecule has 5 heteroatoms. The van der Waals surface area contributed by atoms with Crippen LogP contribution in [0.25, 0.3) is 10.9 Å². The molecule has 0 saturated carbocycles. The molecule has 0 bridgehead atoms. The summed E-state index contributed by atoms with van der Waals surface area (Å²) in [7, 11) is 0. The fourth-order valence-corrected chi connectivity index (χ4v) is 4.41. The summed E-state index contributed by atoms with van der Waals surface area (Å²) >= 11 is 0. The molecule has 3 N–H and O–H groups in total. The van der Waals surface area contributed by atoms with Gasteiger partial charge in [-0.2, -0.15) is 0 Å². The molecule has 1 unspecified atom stereocenters. The lowest BCUT2D eigenvalue weighted by Crippen LogP contribution is -2.38. The lowest BCUT2D eigenvalue weighted by molar-refractivity contribution is 0.329. The van der Waals surface area contributed by atoms with E-state index < -0.39 is 0 Å². The largest absolute Gasteiger partial charge is 0.361 e. The second kappa shape index (κ2) is 11.0. The Hall–Kier alpha value is -2.79. The number of aromatic nitrogens is 1. The maximum Gasteiger partial charge on any atom is 0.191 e. The Kier molecular flexibility index (Phi) is 7.61. The number of aromatic amines is 1. The van der Waals surface area contributed by atoms with Crippen LogP contribution in [0.5, 0.6) is 0 Å². The molecule has 5 nitrogen and oxygen atoms in total. The summed E-state index contributed by atoms with van der Waals surface area (Å²) in [5, 5.41) is 8.23. The fraction of sp³-hybridized carbons (Fsp3) is 0.423. The first-order valence-corrected chi connectivity index (χ1v) is 11.6. The first-order valence-electron chi connectivity index (χ1n) is 11.6. The zero-order valence-corrected chi connectivity index (χ0v) is 18.6. The Balaban J connectivity index is 1.22. The Labute approximate surface area is 186 Å². The van der Waals surface area contributed by atoms with Crippen molar-refractivity contribution >= 4 is 16.9 Å². The average molecular weight is 418 g/mol. The van der Waals surface area contributed by atoms with Gasteiger partial charge in [-0.1, -0.05) is 48.5 Å². The molecule has 31 heavy (non-hydrogen) atoms. The zero-order valence-electron chi connectivity index (χ0n) is 18.6. The van der Waals surface area contributed by atoms with Crippen molar-refractivity contribution in [3.63, 3.8) is 0 Å². The van der Waals surface area contributed by atoms with E-state index in [1.165, 1.54) is 35.0 Å². The van der Waals surface area contributed by atoms with Crippen LogP contribution in [0.1, 0.15) is 24.5 Å². The molecule has 164 valence electrons. The minimum atomic E-state index is 0.653. The highest BCUT2D eigenvalue weighted by molar-refractivity contribution is 5.83. The highest BCUT2D eigenvalue weighted by Crippen LogP contribution is 2.18. The van der Waals surface area contributed by atoms with Crippen LogP contribution in [0.4, 0.5) is 0 Å². The van der Waals surface area contributed by atoms with E-state index in [-0.39, 0.29) is 0 Å². The lowest BCUT2D eigenvalue weighted by Gasteiger charge is -2.16. The van der Waals surface area contributed by atoms with Gasteiger partial charge in [0.1, 0.15) is 0 Å². The van der Waals surface area contributed by atoms with Gasteiger partial charge in [0.25, 0.3) is 0 Å². The summed E-state index contributed by atoms with van der Waals surface area (Å²) in [5.41, 5.74) is 3.98. The van der Waals surface area contributed by atoms with Crippen molar-refractivity contribution in [2.75, 3.05) is 39.3 Å². The number of nitrogens with one attached hydrogen (secondary N) is 3. The number of nitrogens with zero attached hydrogens (tertiary/aromatic N) is 2. The number of fused-ring (bicyclic) bond motifs is 1. The van der Waals surface area contributed by atoms with Crippen LogP contribution in [-0.2, 0) is 12.8 Å². The number of likely N-dealkylation sites (tertiary alicyclic amines) is 1. The van der Waals surface area contributed by atoms with Crippen molar-refractivity contribution in [2.45, 2.75) is 26.2 Å². The second-order valence-electron chi connectivity index (χ2n) is 8.45. The number of guanidine groups is 1. The van der Waals surface area contributed by atoms with E-state index in [9.17, 15) is 0 Å². The van der Waals surface area contributed by atoms with Crippen LogP contribution in [0.2, 0.25) is 0 Å². The number of rotatable bonds is 9. The Bertz CT molecular complexity index is 962. The Morgan fingerprint density at radius 2 is 1.90 bits per heavy atom. The number of aliphatic imine (C=N–C) groups is 1. The van der Waals surface area contributed by atoms with Crippen molar-refractivity contribution in [2.24, 2.45) is 10.9 Å². The summed E-state index contributed by atoms with van der Waals surface area (Å²) in [5.74, 6) is 1.59. The quantitative estimate of drug-likeness (QED) is 0.366. The van der Waals surface area contributed by atoms with Crippen LogP contribution in [0.15, 0.2) is 65.8 Å². The molecule has 1 fully saturated rings. The third-order valence-corrected chi connectivity index (χ3v) is 6.14. The van der Waals surface area contributed by atoms with Gasteiger partial charge >= 0.3 is 0 Å². The van der Waals surface area contributed by atoms with Gasteiger partial charge in [-0.3, -0.25) is 4.99 Å². The number of para-hydroxylation sites is 1. The molecule has 3 aromatic rings. The number of hydrogen-bond donors (Lipinski definition) is 3. The highest BCUT2D eigenvalue weighted by atomic mass is 15.2. The van der Waals surface area contributed by atoms with E-state index in [4.69, 9.17) is 4.99 Å². The van der Waals surface area contributed by atoms with Crippen LogP contribution in [-0.4, -0.2) is 55.1 Å².